The summed E-state index contributed by atoms with van der Waals surface area (Å²) in [6.07, 6.45) is 3.93. The van der Waals surface area contributed by atoms with Crippen molar-refractivity contribution in [2.45, 2.75) is 33.7 Å². The highest BCUT2D eigenvalue weighted by molar-refractivity contribution is 6.01. The smallest absolute Gasteiger partial charge is 0.244 e. The summed E-state index contributed by atoms with van der Waals surface area (Å²) in [6.45, 7) is 10.7. The van der Waals surface area contributed by atoms with Crippen LogP contribution >= 0.6 is 0 Å². The van der Waals surface area contributed by atoms with Crippen molar-refractivity contribution in [1.82, 2.24) is 9.99 Å². The lowest BCUT2D eigenvalue weighted by Crippen LogP contribution is -2.20. The van der Waals surface area contributed by atoms with E-state index in [0.29, 0.717) is 6.42 Å². The summed E-state index contributed by atoms with van der Waals surface area (Å²) in [7, 11) is 0. The van der Waals surface area contributed by atoms with E-state index < -0.39 is 0 Å². The van der Waals surface area contributed by atoms with Gasteiger partial charge in [0.05, 0.1) is 12.6 Å². The first-order valence-corrected chi connectivity index (χ1v) is 9.08. The normalized spacial score (nSPS) is 11.2. The zero-order chi connectivity index (χ0) is 19.4. The van der Waals surface area contributed by atoms with Gasteiger partial charge >= 0.3 is 0 Å². The fraction of sp³-hybridized carbons (Fsp3) is 0.217. The highest BCUT2D eigenvalue weighted by Crippen LogP contribution is 2.24. The number of hydrazone groups is 1. The van der Waals surface area contributed by atoms with E-state index in [9.17, 15) is 4.79 Å². The molecule has 138 valence electrons. The molecule has 0 saturated carbocycles. The zero-order valence-electron chi connectivity index (χ0n) is 16.1. The Morgan fingerprint density at radius 2 is 1.96 bits per heavy atom. The number of fused-ring (bicyclic) bond motifs is 1. The molecular formula is C23H25N3O. The van der Waals surface area contributed by atoms with Crippen LogP contribution in [0.2, 0.25) is 0 Å². The quantitative estimate of drug-likeness (QED) is 0.395. The number of aryl methyl sites for hydroxylation is 2. The molecule has 3 aromatic rings. The number of hydrogen-bond acceptors (Lipinski definition) is 2. The molecule has 0 spiro atoms. The first-order valence-electron chi connectivity index (χ1n) is 9.08. The van der Waals surface area contributed by atoms with Crippen molar-refractivity contribution in [2.75, 3.05) is 0 Å². The largest absolute Gasteiger partial charge is 0.340 e. The maximum Gasteiger partial charge on any atom is 0.244 e. The molecule has 1 N–H and O–H groups in total. The van der Waals surface area contributed by atoms with Crippen molar-refractivity contribution >= 4 is 23.0 Å². The van der Waals surface area contributed by atoms with E-state index in [2.05, 4.69) is 46.8 Å². The van der Waals surface area contributed by atoms with Gasteiger partial charge in [-0.1, -0.05) is 48.0 Å². The first-order chi connectivity index (χ1) is 13.0. The summed E-state index contributed by atoms with van der Waals surface area (Å²) in [4.78, 5) is 12.3. The Hall–Kier alpha value is -3.14. The number of para-hydroxylation sites is 1. The van der Waals surface area contributed by atoms with Crippen LogP contribution in [-0.4, -0.2) is 16.7 Å². The van der Waals surface area contributed by atoms with Gasteiger partial charge in [-0.25, -0.2) is 5.43 Å². The van der Waals surface area contributed by atoms with Crippen molar-refractivity contribution in [3.05, 3.63) is 83.1 Å². The number of nitrogens with one attached hydrogen (secondary N) is 1. The van der Waals surface area contributed by atoms with Gasteiger partial charge in [-0.05, 0) is 38.0 Å². The zero-order valence-corrected chi connectivity index (χ0v) is 16.1. The summed E-state index contributed by atoms with van der Waals surface area (Å²) in [5.41, 5.74) is 9.24. The van der Waals surface area contributed by atoms with Crippen molar-refractivity contribution in [3.63, 3.8) is 0 Å². The van der Waals surface area contributed by atoms with Gasteiger partial charge in [0.1, 0.15) is 0 Å². The van der Waals surface area contributed by atoms with Crippen LogP contribution in [0.3, 0.4) is 0 Å². The third-order valence-corrected chi connectivity index (χ3v) is 4.82. The van der Waals surface area contributed by atoms with Gasteiger partial charge in [-0.15, -0.1) is 6.58 Å². The monoisotopic (exact) mass is 359 g/mol. The van der Waals surface area contributed by atoms with Crippen molar-refractivity contribution in [1.29, 1.82) is 0 Å². The highest BCUT2D eigenvalue weighted by atomic mass is 16.2. The van der Waals surface area contributed by atoms with E-state index in [1.807, 2.05) is 44.2 Å². The summed E-state index contributed by atoms with van der Waals surface area (Å²) < 4.78 is 2.20. The van der Waals surface area contributed by atoms with Gasteiger partial charge in [-0.2, -0.15) is 5.10 Å². The molecule has 4 nitrogen and oxygen atoms in total. The molecule has 0 atom stereocenters. The second-order valence-corrected chi connectivity index (χ2v) is 6.82. The molecule has 0 unspecified atom stereocenters. The molecular weight excluding hydrogens is 334 g/mol. The van der Waals surface area contributed by atoms with Crippen molar-refractivity contribution in [2.24, 2.45) is 5.10 Å². The van der Waals surface area contributed by atoms with E-state index in [1.165, 1.54) is 5.56 Å². The summed E-state index contributed by atoms with van der Waals surface area (Å²) >= 11 is 0. The fourth-order valence-electron chi connectivity index (χ4n) is 3.41. The Balaban J connectivity index is 1.77. The standard InChI is InChI=1S/C23H25N3O/c1-5-12-26-18(4)21(20-8-6-7-9-22(20)26)15-24-25-23(27)14-19-11-10-16(2)13-17(19)3/h5-11,13,15H,1,12,14H2,2-4H3,(H,25,27)/b24-15-. The van der Waals surface area contributed by atoms with E-state index in [0.717, 1.165) is 39.8 Å². The van der Waals surface area contributed by atoms with Crippen LogP contribution in [0.5, 0.6) is 0 Å². The average molecular weight is 359 g/mol. The Morgan fingerprint density at radius 3 is 2.70 bits per heavy atom. The van der Waals surface area contributed by atoms with E-state index in [1.54, 1.807) is 6.21 Å². The van der Waals surface area contributed by atoms with Crippen molar-refractivity contribution < 1.29 is 4.79 Å². The van der Waals surface area contributed by atoms with Crippen LogP contribution in [0.15, 0.2) is 60.2 Å². The summed E-state index contributed by atoms with van der Waals surface area (Å²) in [6, 6.07) is 14.3. The molecule has 0 radical (unpaired) electrons. The Morgan fingerprint density at radius 1 is 1.19 bits per heavy atom. The highest BCUT2D eigenvalue weighted by Gasteiger charge is 2.11. The Kier molecular flexibility index (Phi) is 5.55. The molecule has 1 amide bonds. The second-order valence-electron chi connectivity index (χ2n) is 6.82. The van der Waals surface area contributed by atoms with Gasteiger partial charge < -0.3 is 4.57 Å². The van der Waals surface area contributed by atoms with Crippen LogP contribution < -0.4 is 5.43 Å². The number of aromatic nitrogens is 1. The molecule has 3 rings (SSSR count). The van der Waals surface area contributed by atoms with E-state index in [4.69, 9.17) is 0 Å². The van der Waals surface area contributed by atoms with E-state index in [-0.39, 0.29) is 5.91 Å². The number of carbonyl (C=O) groups excluding carboxylic acids is 1. The minimum atomic E-state index is -0.120. The van der Waals surface area contributed by atoms with Gasteiger partial charge in [0.25, 0.3) is 0 Å². The Bertz CT molecular complexity index is 1030. The molecule has 0 fully saturated rings. The number of amides is 1. The number of nitrogens with zero attached hydrogens (tertiary/aromatic N) is 2. The first kappa shape index (κ1) is 18.6. The maximum atomic E-state index is 12.3. The molecule has 1 aromatic heterocycles. The number of carbonyl (C=O) groups is 1. The third kappa shape index (κ3) is 4.00. The van der Waals surface area contributed by atoms with Gasteiger partial charge in [0.15, 0.2) is 0 Å². The molecule has 0 bridgehead atoms. The van der Waals surface area contributed by atoms with Crippen LogP contribution in [-0.2, 0) is 17.8 Å². The summed E-state index contributed by atoms with van der Waals surface area (Å²) in [5, 5.41) is 5.32. The van der Waals surface area contributed by atoms with Gasteiger partial charge in [0, 0.05) is 28.7 Å². The third-order valence-electron chi connectivity index (χ3n) is 4.82. The number of hydrogen-bond donors (Lipinski definition) is 1. The second kappa shape index (κ2) is 8.04. The molecule has 0 aliphatic carbocycles. The predicted molar refractivity (Wildman–Crippen MR) is 112 cm³/mol. The van der Waals surface area contributed by atoms with Gasteiger partial charge in [-0.3, -0.25) is 4.79 Å². The van der Waals surface area contributed by atoms with Crippen molar-refractivity contribution in [3.8, 4) is 0 Å². The number of benzene rings is 2. The SMILES string of the molecule is C=CCn1c(C)c(/C=N\NC(=O)Cc2ccc(C)cc2C)c2ccccc21. The maximum absolute atomic E-state index is 12.3. The lowest BCUT2D eigenvalue weighted by Gasteiger charge is -2.06. The van der Waals surface area contributed by atoms with E-state index >= 15 is 0 Å². The molecule has 27 heavy (non-hydrogen) atoms. The predicted octanol–water partition coefficient (Wildman–Crippen LogP) is 4.45. The average Bonchev–Trinajstić information content (AvgIpc) is 2.90. The van der Waals surface area contributed by atoms with Crippen LogP contribution in [0.1, 0.15) is 27.9 Å². The van der Waals surface area contributed by atoms with Crippen LogP contribution in [0.25, 0.3) is 10.9 Å². The summed E-state index contributed by atoms with van der Waals surface area (Å²) in [5.74, 6) is -0.120. The molecule has 4 heteroatoms. The Labute approximate surface area is 160 Å². The molecule has 2 aromatic carbocycles. The molecule has 1 heterocycles. The van der Waals surface area contributed by atoms with Crippen LogP contribution in [0.4, 0.5) is 0 Å². The topological polar surface area (TPSA) is 46.4 Å². The number of rotatable bonds is 6. The molecule has 0 aliphatic heterocycles. The molecule has 0 aliphatic rings. The fourth-order valence-corrected chi connectivity index (χ4v) is 3.41. The lowest BCUT2D eigenvalue weighted by atomic mass is 10.0. The van der Waals surface area contributed by atoms with Gasteiger partial charge in [0.2, 0.25) is 5.91 Å². The minimum absolute atomic E-state index is 0.120. The lowest BCUT2D eigenvalue weighted by molar-refractivity contribution is -0.120. The van der Waals surface area contributed by atoms with Crippen LogP contribution in [0, 0.1) is 20.8 Å². The number of allylic oxidation sites excluding steroid dienone is 1. The molecule has 0 saturated heterocycles. The minimum Gasteiger partial charge on any atom is -0.340 e.